The van der Waals surface area contributed by atoms with Gasteiger partial charge in [0.1, 0.15) is 0 Å². The molecule has 10 aromatic carbocycles. The number of thiophene rings is 1. The van der Waals surface area contributed by atoms with Crippen LogP contribution in [-0.2, 0) is 0 Å². The van der Waals surface area contributed by atoms with Gasteiger partial charge in [-0.3, -0.25) is 0 Å². The van der Waals surface area contributed by atoms with Gasteiger partial charge >= 0.3 is 0 Å². The Hall–Kier alpha value is -7.26. The van der Waals surface area contributed by atoms with Crippen LogP contribution in [0.4, 0.5) is 17.1 Å². The fourth-order valence-corrected chi connectivity index (χ4v) is 9.89. The first-order valence-corrected chi connectivity index (χ1v) is 20.7. The molecule has 0 atom stereocenters. The van der Waals surface area contributed by atoms with Crippen LogP contribution in [0.25, 0.3) is 86.2 Å². The van der Waals surface area contributed by atoms with Crippen molar-refractivity contribution in [3.63, 3.8) is 0 Å². The maximum Gasteiger partial charge on any atom is 0.0540 e. The molecule has 0 bridgehead atoms. The van der Waals surface area contributed by atoms with E-state index in [0.29, 0.717) is 0 Å². The Morgan fingerprint density at radius 2 is 0.810 bits per heavy atom. The van der Waals surface area contributed by atoms with E-state index in [1.54, 1.807) is 0 Å². The van der Waals surface area contributed by atoms with Gasteiger partial charge in [-0.1, -0.05) is 176 Å². The molecule has 1 nitrogen and oxygen atoms in total. The van der Waals surface area contributed by atoms with Crippen molar-refractivity contribution in [3.8, 4) is 44.5 Å². The Morgan fingerprint density at radius 3 is 1.59 bits per heavy atom. The van der Waals surface area contributed by atoms with Gasteiger partial charge in [0, 0.05) is 37.1 Å². The lowest BCUT2D eigenvalue weighted by atomic mass is 9.94. The first kappa shape index (κ1) is 34.0. The molecule has 2 heteroatoms. The van der Waals surface area contributed by atoms with Gasteiger partial charge < -0.3 is 4.90 Å². The van der Waals surface area contributed by atoms with Crippen molar-refractivity contribution in [1.29, 1.82) is 0 Å². The Balaban J connectivity index is 1.08. The van der Waals surface area contributed by atoms with Gasteiger partial charge in [-0.15, -0.1) is 11.3 Å². The first-order valence-electron chi connectivity index (χ1n) is 19.8. The summed E-state index contributed by atoms with van der Waals surface area (Å²) in [5.74, 6) is 0. The van der Waals surface area contributed by atoms with Crippen molar-refractivity contribution in [1.82, 2.24) is 0 Å². The minimum atomic E-state index is 1.10. The highest BCUT2D eigenvalue weighted by atomic mass is 32.1. The standard InChI is InChI=1S/C56H37NS/c1-3-22-46-38(14-1)16-11-26-48(46)40-32-34-44(35-33-40)57(53-29-7-5-24-50(53)51-28-13-31-55-56(51)52-25-6-8-30-54(52)58-55)45-21-10-19-42(37-45)41-18-9-20-43(36-41)49-27-12-17-39-15-2-4-23-47(39)49/h1-37H. The van der Waals surface area contributed by atoms with Gasteiger partial charge in [-0.05, 0) is 109 Å². The van der Waals surface area contributed by atoms with Gasteiger partial charge in [0.2, 0.25) is 0 Å². The molecule has 1 heterocycles. The van der Waals surface area contributed by atoms with Gasteiger partial charge in [-0.2, -0.15) is 0 Å². The van der Waals surface area contributed by atoms with Crippen molar-refractivity contribution in [2.75, 3.05) is 4.90 Å². The van der Waals surface area contributed by atoms with E-state index in [1.807, 2.05) is 11.3 Å². The quantitative estimate of drug-likeness (QED) is 0.157. The predicted octanol–water partition coefficient (Wildman–Crippen LogP) is 16.5. The summed E-state index contributed by atoms with van der Waals surface area (Å²) in [7, 11) is 0. The largest absolute Gasteiger partial charge is 0.310 e. The van der Waals surface area contributed by atoms with Crippen LogP contribution in [-0.4, -0.2) is 0 Å². The van der Waals surface area contributed by atoms with Crippen LogP contribution in [0.2, 0.25) is 0 Å². The molecule has 0 aliphatic carbocycles. The summed E-state index contributed by atoms with van der Waals surface area (Å²) in [6.45, 7) is 0. The molecule has 0 fully saturated rings. The van der Waals surface area contributed by atoms with Gasteiger partial charge in [0.25, 0.3) is 0 Å². The van der Waals surface area contributed by atoms with Crippen molar-refractivity contribution >= 4 is 70.1 Å². The van der Waals surface area contributed by atoms with Crippen molar-refractivity contribution in [2.45, 2.75) is 0 Å². The molecule has 58 heavy (non-hydrogen) atoms. The molecule has 0 aliphatic heterocycles. The maximum atomic E-state index is 2.44. The molecule has 11 rings (SSSR count). The molecule has 11 aromatic rings. The minimum absolute atomic E-state index is 1.10. The van der Waals surface area contributed by atoms with E-state index in [4.69, 9.17) is 0 Å². The summed E-state index contributed by atoms with van der Waals surface area (Å²) in [4.78, 5) is 2.44. The minimum Gasteiger partial charge on any atom is -0.310 e. The summed E-state index contributed by atoms with van der Waals surface area (Å²) < 4.78 is 2.61. The Morgan fingerprint density at radius 1 is 0.293 bits per heavy atom. The Labute approximate surface area is 342 Å². The van der Waals surface area contributed by atoms with E-state index in [1.165, 1.54) is 86.2 Å². The van der Waals surface area contributed by atoms with Crippen LogP contribution in [0.1, 0.15) is 0 Å². The molecule has 1 aromatic heterocycles. The number of hydrogen-bond acceptors (Lipinski definition) is 2. The smallest absolute Gasteiger partial charge is 0.0540 e. The number of para-hydroxylation sites is 1. The molecule has 272 valence electrons. The first-order chi connectivity index (χ1) is 28.8. The summed E-state index contributed by atoms with van der Waals surface area (Å²) in [5.41, 5.74) is 13.0. The predicted molar refractivity (Wildman–Crippen MR) is 251 cm³/mol. The zero-order valence-electron chi connectivity index (χ0n) is 31.7. The molecule has 0 spiro atoms. The highest BCUT2D eigenvalue weighted by Gasteiger charge is 2.20. The Bertz CT molecular complexity index is 3290. The van der Waals surface area contributed by atoms with Gasteiger partial charge in [0.05, 0.1) is 5.69 Å². The molecule has 0 amide bonds. The molecular weight excluding hydrogens is 719 g/mol. The zero-order chi connectivity index (χ0) is 38.4. The molecule has 0 N–H and O–H groups in total. The summed E-state index contributed by atoms with van der Waals surface area (Å²) in [6.07, 6.45) is 0. The fraction of sp³-hybridized carbons (Fsp3) is 0. The number of rotatable bonds is 7. The number of fused-ring (bicyclic) bond motifs is 5. The molecule has 0 unspecified atom stereocenters. The lowest BCUT2D eigenvalue weighted by Gasteiger charge is -2.29. The molecule has 0 radical (unpaired) electrons. The molecule has 0 aliphatic rings. The average molecular weight is 756 g/mol. The normalized spacial score (nSPS) is 11.4. The SMILES string of the molecule is c1cc(-c2cccc(N(c3ccc(-c4cccc5ccccc45)cc3)c3ccccc3-c3cccc4sc5ccccc5c34)c2)cc(-c2cccc3ccccc23)c1. The highest BCUT2D eigenvalue weighted by molar-refractivity contribution is 7.25. The third-order valence-corrected chi connectivity index (χ3v) is 12.6. The number of anilines is 3. The Kier molecular flexibility index (Phi) is 8.42. The van der Waals surface area contributed by atoms with Crippen LogP contribution in [0.15, 0.2) is 224 Å². The third-order valence-electron chi connectivity index (χ3n) is 11.5. The van der Waals surface area contributed by atoms with E-state index >= 15 is 0 Å². The zero-order valence-corrected chi connectivity index (χ0v) is 32.5. The monoisotopic (exact) mass is 755 g/mol. The van der Waals surface area contributed by atoms with Gasteiger partial charge in [-0.25, -0.2) is 0 Å². The summed E-state index contributed by atoms with van der Waals surface area (Å²) in [6, 6.07) is 82.0. The maximum absolute atomic E-state index is 2.44. The molecule has 0 saturated heterocycles. The van der Waals surface area contributed by atoms with Crippen molar-refractivity contribution in [2.24, 2.45) is 0 Å². The third kappa shape index (κ3) is 5.94. The van der Waals surface area contributed by atoms with E-state index in [0.717, 1.165) is 17.1 Å². The second-order valence-corrected chi connectivity index (χ2v) is 15.9. The van der Waals surface area contributed by atoms with Crippen LogP contribution in [0.5, 0.6) is 0 Å². The van der Waals surface area contributed by atoms with Crippen LogP contribution < -0.4 is 4.90 Å². The van der Waals surface area contributed by atoms with Crippen LogP contribution in [0, 0.1) is 0 Å². The van der Waals surface area contributed by atoms with E-state index < -0.39 is 0 Å². The van der Waals surface area contributed by atoms with Crippen LogP contribution in [0.3, 0.4) is 0 Å². The highest BCUT2D eigenvalue weighted by Crippen LogP contribution is 2.47. The molecule has 0 saturated carbocycles. The fourth-order valence-electron chi connectivity index (χ4n) is 8.76. The van der Waals surface area contributed by atoms with E-state index in [-0.39, 0.29) is 0 Å². The second kappa shape index (κ2) is 14.4. The number of benzene rings is 10. The molecular formula is C56H37NS. The lowest BCUT2D eigenvalue weighted by molar-refractivity contribution is 1.28. The summed E-state index contributed by atoms with van der Waals surface area (Å²) in [5, 5.41) is 7.62. The topological polar surface area (TPSA) is 3.24 Å². The van der Waals surface area contributed by atoms with Crippen molar-refractivity contribution in [3.05, 3.63) is 224 Å². The lowest BCUT2D eigenvalue weighted by Crippen LogP contribution is -2.11. The van der Waals surface area contributed by atoms with E-state index in [9.17, 15) is 0 Å². The average Bonchev–Trinajstić information content (AvgIpc) is 3.69. The number of nitrogens with zero attached hydrogens (tertiary/aromatic N) is 1. The van der Waals surface area contributed by atoms with Crippen molar-refractivity contribution < 1.29 is 0 Å². The number of hydrogen-bond donors (Lipinski definition) is 0. The van der Waals surface area contributed by atoms with Crippen LogP contribution >= 0.6 is 11.3 Å². The van der Waals surface area contributed by atoms with Gasteiger partial charge in [0.15, 0.2) is 0 Å². The summed E-state index contributed by atoms with van der Waals surface area (Å²) >= 11 is 1.86. The second-order valence-electron chi connectivity index (χ2n) is 14.9. The van der Waals surface area contributed by atoms with E-state index in [2.05, 4.69) is 229 Å².